The van der Waals surface area contributed by atoms with Gasteiger partial charge in [-0.25, -0.2) is 9.59 Å². The lowest BCUT2D eigenvalue weighted by Crippen LogP contribution is -2.10. The summed E-state index contributed by atoms with van der Waals surface area (Å²) >= 11 is 8.88. The van der Waals surface area contributed by atoms with E-state index in [9.17, 15) is 9.59 Å². The molecule has 0 aromatic heterocycles. The molecule has 0 atom stereocenters. The molecule has 6 nitrogen and oxygen atoms in total. The van der Waals surface area contributed by atoms with E-state index in [4.69, 9.17) is 21.8 Å². The van der Waals surface area contributed by atoms with Crippen LogP contribution < -0.4 is 10.6 Å². The van der Waals surface area contributed by atoms with Gasteiger partial charge in [-0.1, -0.05) is 11.6 Å². The predicted octanol–water partition coefficient (Wildman–Crippen LogP) is 3.28. The number of hydrogen-bond donors (Lipinski definition) is 4. The predicted molar refractivity (Wildman–Crippen MR) is 62.4 cm³/mol. The number of rotatable bonds is 2. The molecule has 0 saturated heterocycles. The third-order valence-corrected chi connectivity index (χ3v) is 2.78. The first-order valence-electron chi connectivity index (χ1n) is 3.89. The van der Waals surface area contributed by atoms with Gasteiger partial charge in [-0.3, -0.25) is 10.6 Å². The summed E-state index contributed by atoms with van der Waals surface area (Å²) in [4.78, 5) is 20.8. The van der Waals surface area contributed by atoms with E-state index in [1.54, 1.807) is 0 Å². The molecule has 0 heterocycles. The van der Waals surface area contributed by atoms with Crippen LogP contribution in [-0.4, -0.2) is 22.4 Å². The summed E-state index contributed by atoms with van der Waals surface area (Å²) in [6.45, 7) is 0. The first-order chi connectivity index (χ1) is 7.40. The summed E-state index contributed by atoms with van der Waals surface area (Å²) in [5, 5.41) is 21.3. The van der Waals surface area contributed by atoms with Crippen molar-refractivity contribution in [2.24, 2.45) is 0 Å². The molecule has 4 N–H and O–H groups in total. The average molecular weight is 310 g/mol. The summed E-state index contributed by atoms with van der Waals surface area (Å²) in [6, 6.07) is 2.69. The fourth-order valence-electron chi connectivity index (χ4n) is 0.991. The molecule has 0 fully saturated rings. The Kier molecular flexibility index (Phi) is 3.97. The summed E-state index contributed by atoms with van der Waals surface area (Å²) < 4.78 is 0.379. The van der Waals surface area contributed by atoms with Gasteiger partial charge in [-0.2, -0.15) is 0 Å². The second-order valence-electron chi connectivity index (χ2n) is 2.68. The molecule has 8 heteroatoms. The first kappa shape index (κ1) is 12.6. The molecule has 1 rings (SSSR count). The van der Waals surface area contributed by atoms with E-state index >= 15 is 0 Å². The Morgan fingerprint density at radius 2 is 1.75 bits per heavy atom. The monoisotopic (exact) mass is 308 g/mol. The maximum Gasteiger partial charge on any atom is 0.409 e. The van der Waals surface area contributed by atoms with Gasteiger partial charge in [0, 0.05) is 10.2 Å². The Morgan fingerprint density at radius 3 is 2.25 bits per heavy atom. The minimum Gasteiger partial charge on any atom is -0.465 e. The molecule has 0 aliphatic rings. The highest BCUT2D eigenvalue weighted by molar-refractivity contribution is 9.10. The molecule has 1 aromatic carbocycles. The molecular formula is C8H6BrClN2O4. The van der Waals surface area contributed by atoms with Crippen LogP contribution in [0.4, 0.5) is 21.0 Å². The highest BCUT2D eigenvalue weighted by Crippen LogP contribution is 2.33. The summed E-state index contributed by atoms with van der Waals surface area (Å²) in [6.07, 6.45) is -2.54. The van der Waals surface area contributed by atoms with Crippen LogP contribution in [0.3, 0.4) is 0 Å². The molecule has 0 bridgehead atoms. The number of nitrogens with one attached hydrogen (secondary N) is 2. The topological polar surface area (TPSA) is 98.7 Å². The number of halogens is 2. The second-order valence-corrected chi connectivity index (χ2v) is 3.91. The maximum absolute atomic E-state index is 10.4. The van der Waals surface area contributed by atoms with E-state index in [0.29, 0.717) is 4.47 Å². The molecule has 2 amide bonds. The normalized spacial score (nSPS) is 9.62. The van der Waals surface area contributed by atoms with Crippen LogP contribution in [0, 0.1) is 0 Å². The lowest BCUT2D eigenvalue weighted by Gasteiger charge is -2.09. The fourth-order valence-corrected chi connectivity index (χ4v) is 1.61. The largest absolute Gasteiger partial charge is 0.465 e. The Balaban J connectivity index is 3.11. The summed E-state index contributed by atoms with van der Waals surface area (Å²) in [5.41, 5.74) is 0.291. The van der Waals surface area contributed by atoms with E-state index in [1.165, 1.54) is 12.1 Å². The zero-order valence-corrected chi connectivity index (χ0v) is 9.96. The van der Waals surface area contributed by atoms with E-state index < -0.39 is 12.2 Å². The second kappa shape index (κ2) is 5.04. The molecule has 16 heavy (non-hydrogen) atoms. The molecule has 0 spiro atoms. The molecule has 0 saturated carbocycles. The summed E-state index contributed by atoms with van der Waals surface area (Å²) in [7, 11) is 0. The standard InChI is InChI=1S/C8H6BrClN2O4/c9-4-1-3(11-7(13)14)2-5(6(4)10)12-8(15)16/h1-2,11-12H,(H,13,14)(H,15,16). The molecule has 0 aliphatic carbocycles. The molecule has 0 aliphatic heterocycles. The van der Waals surface area contributed by atoms with Gasteiger partial charge in [-0.15, -0.1) is 0 Å². The minimum absolute atomic E-state index is 0.0901. The van der Waals surface area contributed by atoms with Gasteiger partial charge >= 0.3 is 12.2 Å². The Labute approximate surface area is 103 Å². The smallest absolute Gasteiger partial charge is 0.409 e. The molecule has 0 unspecified atom stereocenters. The zero-order valence-electron chi connectivity index (χ0n) is 7.62. The van der Waals surface area contributed by atoms with Crippen LogP contribution in [0.25, 0.3) is 0 Å². The highest BCUT2D eigenvalue weighted by atomic mass is 79.9. The van der Waals surface area contributed by atoms with Crippen LogP contribution in [0.15, 0.2) is 16.6 Å². The third kappa shape index (κ3) is 3.28. The third-order valence-electron chi connectivity index (χ3n) is 1.52. The number of benzene rings is 1. The van der Waals surface area contributed by atoms with Crippen molar-refractivity contribution < 1.29 is 19.8 Å². The van der Waals surface area contributed by atoms with E-state index in [0.717, 1.165) is 0 Å². The number of anilines is 2. The Hall–Kier alpha value is -1.47. The SMILES string of the molecule is O=C(O)Nc1cc(Br)c(Cl)c(NC(=O)O)c1. The van der Waals surface area contributed by atoms with Gasteiger partial charge in [-0.05, 0) is 28.1 Å². The van der Waals surface area contributed by atoms with Crippen LogP contribution >= 0.6 is 27.5 Å². The molecule has 0 radical (unpaired) electrons. The molecular weight excluding hydrogens is 303 g/mol. The molecule has 1 aromatic rings. The fraction of sp³-hybridized carbons (Fsp3) is 0. The van der Waals surface area contributed by atoms with Gasteiger partial charge < -0.3 is 10.2 Å². The van der Waals surface area contributed by atoms with Gasteiger partial charge in [0.2, 0.25) is 0 Å². The lowest BCUT2D eigenvalue weighted by atomic mass is 10.3. The highest BCUT2D eigenvalue weighted by Gasteiger charge is 2.10. The van der Waals surface area contributed by atoms with Crippen LogP contribution in [-0.2, 0) is 0 Å². The maximum atomic E-state index is 10.4. The first-order valence-corrected chi connectivity index (χ1v) is 5.06. The van der Waals surface area contributed by atoms with Crippen molar-refractivity contribution in [2.75, 3.05) is 10.6 Å². The number of amides is 2. The van der Waals surface area contributed by atoms with Crippen LogP contribution in [0.2, 0.25) is 5.02 Å². The lowest BCUT2D eigenvalue weighted by molar-refractivity contribution is 0.208. The van der Waals surface area contributed by atoms with Crippen LogP contribution in [0.5, 0.6) is 0 Å². The van der Waals surface area contributed by atoms with Crippen molar-refractivity contribution >= 4 is 51.1 Å². The van der Waals surface area contributed by atoms with Crippen molar-refractivity contribution in [1.29, 1.82) is 0 Å². The number of carbonyl (C=O) groups is 2. The quantitative estimate of drug-likeness (QED) is 0.673. The van der Waals surface area contributed by atoms with Gasteiger partial charge in [0.25, 0.3) is 0 Å². The van der Waals surface area contributed by atoms with E-state index in [1.807, 2.05) is 5.32 Å². The Bertz CT molecular complexity index is 452. The van der Waals surface area contributed by atoms with Crippen molar-refractivity contribution in [3.05, 3.63) is 21.6 Å². The number of carboxylic acid groups (broad SMARTS) is 2. The van der Waals surface area contributed by atoms with Crippen molar-refractivity contribution in [1.82, 2.24) is 0 Å². The van der Waals surface area contributed by atoms with Gasteiger partial charge in [0.05, 0.1) is 10.7 Å². The number of hydrogen-bond acceptors (Lipinski definition) is 2. The van der Waals surface area contributed by atoms with Crippen LogP contribution in [0.1, 0.15) is 0 Å². The average Bonchev–Trinajstić information content (AvgIpc) is 2.11. The van der Waals surface area contributed by atoms with Crippen molar-refractivity contribution in [3.8, 4) is 0 Å². The van der Waals surface area contributed by atoms with E-state index in [-0.39, 0.29) is 16.4 Å². The zero-order chi connectivity index (χ0) is 12.3. The van der Waals surface area contributed by atoms with E-state index in [2.05, 4.69) is 21.2 Å². The van der Waals surface area contributed by atoms with Gasteiger partial charge in [0.15, 0.2) is 0 Å². The van der Waals surface area contributed by atoms with Crippen molar-refractivity contribution in [3.63, 3.8) is 0 Å². The van der Waals surface area contributed by atoms with Gasteiger partial charge in [0.1, 0.15) is 0 Å². The Morgan fingerprint density at radius 1 is 1.19 bits per heavy atom. The summed E-state index contributed by atoms with van der Waals surface area (Å²) in [5.74, 6) is 0. The van der Waals surface area contributed by atoms with Crippen molar-refractivity contribution in [2.45, 2.75) is 0 Å². The molecule has 86 valence electrons. The minimum atomic E-state index is -1.29.